The Morgan fingerprint density at radius 3 is 2.23 bits per heavy atom. The van der Waals surface area contributed by atoms with Crippen LogP contribution in [0.3, 0.4) is 0 Å². The third-order valence-electron chi connectivity index (χ3n) is 6.16. The van der Waals surface area contributed by atoms with Crippen molar-refractivity contribution < 1.29 is 22.8 Å². The van der Waals surface area contributed by atoms with Crippen molar-refractivity contribution in [2.75, 3.05) is 10.6 Å². The lowest BCUT2D eigenvalue weighted by Gasteiger charge is -2.13. The number of aryl methyl sites for hydroxylation is 3. The molecule has 1 heterocycles. The van der Waals surface area contributed by atoms with Gasteiger partial charge in [-0.3, -0.25) is 9.59 Å². The lowest BCUT2D eigenvalue weighted by atomic mass is 9.96. The fraction of sp³-hybridized carbons (Fsp3) is 0.194. The number of hydrogen-bond acceptors (Lipinski definition) is 3. The molecule has 2 amide bonds. The molecule has 39 heavy (non-hydrogen) atoms. The molecule has 4 rings (SSSR count). The topological polar surface area (TPSA) is 71.1 Å². The number of alkyl halides is 3. The maximum Gasteiger partial charge on any atom is 0.416 e. The second-order valence-electron chi connectivity index (χ2n) is 9.32. The Bertz CT molecular complexity index is 1460. The lowest BCUT2D eigenvalue weighted by molar-refractivity contribution is -0.137. The van der Waals surface area contributed by atoms with Crippen molar-refractivity contribution in [3.63, 3.8) is 0 Å². The van der Waals surface area contributed by atoms with E-state index in [1.807, 2.05) is 43.3 Å². The van der Waals surface area contributed by atoms with E-state index in [9.17, 15) is 22.8 Å². The van der Waals surface area contributed by atoms with Gasteiger partial charge in [0.15, 0.2) is 0 Å². The molecule has 0 spiro atoms. The molecule has 0 unspecified atom stereocenters. The number of amides is 2. The summed E-state index contributed by atoms with van der Waals surface area (Å²) in [6, 6.07) is 23.2. The number of benzene rings is 3. The van der Waals surface area contributed by atoms with Crippen LogP contribution in [0, 0.1) is 6.92 Å². The van der Waals surface area contributed by atoms with Crippen LogP contribution in [0.15, 0.2) is 84.9 Å². The zero-order chi connectivity index (χ0) is 28.0. The summed E-state index contributed by atoms with van der Waals surface area (Å²) in [7, 11) is 0. The molecule has 3 aromatic carbocycles. The molecule has 2 N–H and O–H groups in total. The number of carbonyl (C=O) groups is 2. The summed E-state index contributed by atoms with van der Waals surface area (Å²) >= 11 is 0. The molecule has 4 aromatic rings. The average molecular weight is 532 g/mol. The van der Waals surface area contributed by atoms with E-state index in [1.165, 1.54) is 19.1 Å². The number of nitrogens with one attached hydrogen (secondary N) is 2. The van der Waals surface area contributed by atoms with Crippen LogP contribution in [0.1, 0.15) is 46.1 Å². The van der Waals surface area contributed by atoms with Crippen molar-refractivity contribution in [1.82, 2.24) is 4.98 Å². The number of hydrogen-bond donors (Lipinski definition) is 2. The van der Waals surface area contributed by atoms with Crippen molar-refractivity contribution >= 4 is 23.3 Å². The molecule has 0 saturated heterocycles. The predicted octanol–water partition coefficient (Wildman–Crippen LogP) is 7.46. The van der Waals surface area contributed by atoms with Gasteiger partial charge >= 0.3 is 6.18 Å². The highest BCUT2D eigenvalue weighted by atomic mass is 19.4. The smallest absolute Gasteiger partial charge is 0.322 e. The Labute approximate surface area is 225 Å². The van der Waals surface area contributed by atoms with Crippen LogP contribution in [-0.2, 0) is 23.8 Å². The fourth-order valence-electron chi connectivity index (χ4n) is 4.23. The molecule has 0 fully saturated rings. The summed E-state index contributed by atoms with van der Waals surface area (Å²) in [5, 5.41) is 5.58. The highest BCUT2D eigenvalue weighted by Crippen LogP contribution is 2.32. The highest BCUT2D eigenvalue weighted by Gasteiger charge is 2.30. The number of pyridine rings is 1. The van der Waals surface area contributed by atoms with Gasteiger partial charge in [0, 0.05) is 23.9 Å². The van der Waals surface area contributed by atoms with Crippen LogP contribution in [0.25, 0.3) is 11.1 Å². The maximum absolute atomic E-state index is 13.1. The molecule has 0 atom stereocenters. The van der Waals surface area contributed by atoms with Crippen LogP contribution >= 0.6 is 0 Å². The molecule has 200 valence electrons. The minimum absolute atomic E-state index is 0.162. The Balaban J connectivity index is 1.39. The number of anilines is 2. The van der Waals surface area contributed by atoms with E-state index in [4.69, 9.17) is 0 Å². The Hall–Kier alpha value is -4.46. The minimum Gasteiger partial charge on any atom is -0.322 e. The van der Waals surface area contributed by atoms with E-state index < -0.39 is 11.7 Å². The summed E-state index contributed by atoms with van der Waals surface area (Å²) < 4.78 is 39.0. The second kappa shape index (κ2) is 11.9. The van der Waals surface area contributed by atoms with Gasteiger partial charge in [0.2, 0.25) is 5.91 Å². The fourth-order valence-corrected chi connectivity index (χ4v) is 4.23. The normalized spacial score (nSPS) is 11.2. The molecule has 0 saturated carbocycles. The van der Waals surface area contributed by atoms with Crippen LogP contribution < -0.4 is 10.6 Å². The molecule has 0 aliphatic heterocycles. The van der Waals surface area contributed by atoms with Gasteiger partial charge in [-0.1, -0.05) is 48.0 Å². The molecular weight excluding hydrogens is 503 g/mol. The number of rotatable bonds is 8. The molecule has 0 aliphatic carbocycles. The van der Waals surface area contributed by atoms with Crippen LogP contribution in [0.4, 0.5) is 24.7 Å². The summed E-state index contributed by atoms with van der Waals surface area (Å²) in [6.07, 6.45) is -1.99. The first-order chi connectivity index (χ1) is 18.6. The van der Waals surface area contributed by atoms with Crippen molar-refractivity contribution in [3.8, 4) is 11.1 Å². The van der Waals surface area contributed by atoms with Gasteiger partial charge in [0.1, 0.15) is 5.82 Å². The van der Waals surface area contributed by atoms with E-state index in [1.54, 1.807) is 24.3 Å². The first-order valence-corrected chi connectivity index (χ1v) is 12.5. The third kappa shape index (κ3) is 7.54. The van der Waals surface area contributed by atoms with Crippen molar-refractivity contribution in [3.05, 3.63) is 113 Å². The first-order valence-electron chi connectivity index (χ1n) is 12.5. The Morgan fingerprint density at radius 1 is 0.846 bits per heavy atom. The number of aromatic nitrogens is 1. The predicted molar refractivity (Wildman–Crippen MR) is 147 cm³/mol. The van der Waals surface area contributed by atoms with Crippen molar-refractivity contribution in [2.24, 2.45) is 0 Å². The molecular formula is C31H28F3N3O2. The van der Waals surface area contributed by atoms with Gasteiger partial charge in [-0.05, 0) is 85.3 Å². The van der Waals surface area contributed by atoms with Gasteiger partial charge in [-0.25, -0.2) is 4.98 Å². The van der Waals surface area contributed by atoms with Crippen LogP contribution in [0.5, 0.6) is 0 Å². The van der Waals surface area contributed by atoms with E-state index in [-0.39, 0.29) is 11.8 Å². The average Bonchev–Trinajstić information content (AvgIpc) is 2.89. The maximum atomic E-state index is 13.1. The third-order valence-corrected chi connectivity index (χ3v) is 6.16. The summed E-state index contributed by atoms with van der Waals surface area (Å²) in [5.74, 6) is 0.0305. The Kier molecular flexibility index (Phi) is 8.44. The van der Waals surface area contributed by atoms with Gasteiger partial charge in [0.25, 0.3) is 5.91 Å². The summed E-state index contributed by atoms with van der Waals surface area (Å²) in [4.78, 5) is 28.8. The largest absolute Gasteiger partial charge is 0.416 e. The van der Waals surface area contributed by atoms with Gasteiger partial charge in [-0.2, -0.15) is 13.2 Å². The first kappa shape index (κ1) is 27.6. The van der Waals surface area contributed by atoms with Gasteiger partial charge in [-0.15, -0.1) is 0 Å². The van der Waals surface area contributed by atoms with E-state index in [0.717, 1.165) is 48.2 Å². The highest BCUT2D eigenvalue weighted by molar-refractivity contribution is 6.08. The number of carbonyl (C=O) groups excluding carboxylic acids is 2. The molecule has 0 bridgehead atoms. The zero-order valence-corrected chi connectivity index (χ0v) is 21.6. The molecule has 8 heteroatoms. The lowest BCUT2D eigenvalue weighted by Crippen LogP contribution is -2.13. The molecule has 0 radical (unpaired) electrons. The van der Waals surface area contributed by atoms with E-state index >= 15 is 0 Å². The SMILES string of the molecule is CC(=O)Nc1cccc(CCCc2ccc(NC(=O)c3ccc(C)cc3-c3ccc(C(F)(F)F)cc3)cc2)n1. The summed E-state index contributed by atoms with van der Waals surface area (Å²) in [5.41, 5.74) is 4.24. The Morgan fingerprint density at radius 2 is 1.56 bits per heavy atom. The summed E-state index contributed by atoms with van der Waals surface area (Å²) in [6.45, 7) is 3.31. The number of nitrogens with zero attached hydrogens (tertiary/aromatic N) is 1. The second-order valence-corrected chi connectivity index (χ2v) is 9.32. The molecule has 1 aromatic heterocycles. The van der Waals surface area contributed by atoms with E-state index in [0.29, 0.717) is 28.2 Å². The van der Waals surface area contributed by atoms with Crippen LogP contribution in [0.2, 0.25) is 0 Å². The minimum atomic E-state index is -4.42. The van der Waals surface area contributed by atoms with Gasteiger partial charge in [0.05, 0.1) is 5.56 Å². The molecule has 5 nitrogen and oxygen atoms in total. The van der Waals surface area contributed by atoms with Crippen molar-refractivity contribution in [2.45, 2.75) is 39.3 Å². The zero-order valence-electron chi connectivity index (χ0n) is 21.6. The van der Waals surface area contributed by atoms with E-state index in [2.05, 4.69) is 15.6 Å². The quantitative estimate of drug-likeness (QED) is 0.248. The molecule has 0 aliphatic rings. The monoisotopic (exact) mass is 531 g/mol. The number of halogens is 3. The van der Waals surface area contributed by atoms with Crippen molar-refractivity contribution in [1.29, 1.82) is 0 Å². The van der Waals surface area contributed by atoms with Gasteiger partial charge < -0.3 is 10.6 Å². The van der Waals surface area contributed by atoms with Crippen LogP contribution in [-0.4, -0.2) is 16.8 Å². The standard InChI is InChI=1S/C31H28F3N3O2/c1-20-9-18-27(28(19-20)23-12-14-24(15-13-23)31(32,33)34)30(39)37-26-16-10-22(11-17-26)5-3-6-25-7-4-8-29(36-25)35-21(2)38/h4,7-19H,3,5-6H2,1-2H3,(H,37,39)(H,35,36,38).